The molecule has 3 rings (SSSR count). The summed E-state index contributed by atoms with van der Waals surface area (Å²) < 4.78 is 28.4. The molecule has 16 heavy (non-hydrogen) atoms. The Morgan fingerprint density at radius 1 is 1.50 bits per heavy atom. The zero-order valence-electron chi connectivity index (χ0n) is 7.92. The van der Waals surface area contributed by atoms with E-state index < -0.39 is 12.0 Å². The quantitative estimate of drug-likeness (QED) is 0.711. The first kappa shape index (κ1) is 10.7. The van der Waals surface area contributed by atoms with Crippen molar-refractivity contribution in [1.82, 2.24) is 9.55 Å². The summed E-state index contributed by atoms with van der Waals surface area (Å²) in [4.78, 5) is 4.11. The number of hydrogen-bond donors (Lipinski definition) is 0. The fraction of sp³-hybridized carbons (Fsp3) is 0.300. The van der Waals surface area contributed by atoms with Crippen LogP contribution >= 0.6 is 34.2 Å². The zero-order valence-corrected chi connectivity index (χ0v) is 10.8. The molecule has 0 unspecified atom stereocenters. The van der Waals surface area contributed by atoms with E-state index in [1.165, 1.54) is 10.9 Å². The van der Waals surface area contributed by atoms with Crippen molar-refractivity contribution in [2.45, 2.75) is 18.4 Å². The SMILES string of the molecule is FC1(F)C[C@@H]1n1cnc2cc(I)c(Cl)cc21. The highest BCUT2D eigenvalue weighted by molar-refractivity contribution is 14.1. The second-order valence-corrected chi connectivity index (χ2v) is 5.46. The first-order valence-electron chi connectivity index (χ1n) is 4.68. The largest absolute Gasteiger partial charge is 0.321 e. The van der Waals surface area contributed by atoms with Gasteiger partial charge in [-0.25, -0.2) is 13.8 Å². The Bertz CT molecular complexity index is 581. The molecule has 0 saturated heterocycles. The van der Waals surface area contributed by atoms with Gasteiger partial charge in [0.05, 0.1) is 22.4 Å². The van der Waals surface area contributed by atoms with Crippen molar-refractivity contribution in [2.24, 2.45) is 0 Å². The maximum atomic E-state index is 13.0. The molecule has 1 fully saturated rings. The van der Waals surface area contributed by atoms with Crippen LogP contribution in [-0.2, 0) is 0 Å². The molecule has 1 heterocycles. The summed E-state index contributed by atoms with van der Waals surface area (Å²) in [5.41, 5.74) is 1.38. The summed E-state index contributed by atoms with van der Waals surface area (Å²) in [6, 6.07) is 2.74. The van der Waals surface area contributed by atoms with Gasteiger partial charge in [0.2, 0.25) is 0 Å². The van der Waals surface area contributed by atoms with Crippen LogP contribution in [0.25, 0.3) is 11.0 Å². The van der Waals surface area contributed by atoms with Gasteiger partial charge in [-0.1, -0.05) is 11.6 Å². The van der Waals surface area contributed by atoms with Crippen LogP contribution in [0.1, 0.15) is 12.5 Å². The van der Waals surface area contributed by atoms with Gasteiger partial charge in [0.25, 0.3) is 5.92 Å². The highest BCUT2D eigenvalue weighted by atomic mass is 127. The summed E-state index contributed by atoms with van der Waals surface area (Å²) >= 11 is 8.07. The molecule has 0 N–H and O–H groups in total. The summed E-state index contributed by atoms with van der Waals surface area (Å²) in [5.74, 6) is -2.59. The molecule has 0 spiro atoms. The molecular weight excluding hydrogens is 348 g/mol. The average molecular weight is 355 g/mol. The molecule has 2 nitrogen and oxygen atoms in total. The molecule has 0 bridgehead atoms. The third-order valence-corrected chi connectivity index (χ3v) is 4.27. The molecule has 1 atom stereocenters. The molecule has 2 aromatic rings. The van der Waals surface area contributed by atoms with Crippen molar-refractivity contribution in [1.29, 1.82) is 0 Å². The van der Waals surface area contributed by atoms with E-state index in [-0.39, 0.29) is 6.42 Å². The molecule has 1 saturated carbocycles. The minimum atomic E-state index is -2.59. The van der Waals surface area contributed by atoms with Crippen molar-refractivity contribution < 1.29 is 8.78 Å². The number of hydrogen-bond acceptors (Lipinski definition) is 1. The van der Waals surface area contributed by atoms with Crippen LogP contribution < -0.4 is 0 Å². The molecule has 6 heteroatoms. The van der Waals surface area contributed by atoms with Crippen LogP contribution in [0.15, 0.2) is 18.5 Å². The lowest BCUT2D eigenvalue weighted by molar-refractivity contribution is 0.101. The van der Waals surface area contributed by atoms with Crippen LogP contribution in [0.3, 0.4) is 0 Å². The highest BCUT2D eigenvalue weighted by Crippen LogP contribution is 2.53. The Labute approximate surface area is 109 Å². The summed E-state index contributed by atoms with van der Waals surface area (Å²) in [7, 11) is 0. The lowest BCUT2D eigenvalue weighted by Gasteiger charge is -2.03. The van der Waals surface area contributed by atoms with E-state index >= 15 is 0 Å². The standard InChI is InChI=1S/C10H6ClF2IN2/c11-5-1-8-7(2-6(5)14)15-4-16(8)9-3-10(9,12)13/h1-2,4,9H,3H2/t9-/m0/s1. The van der Waals surface area contributed by atoms with Crippen LogP contribution in [0.5, 0.6) is 0 Å². The Kier molecular flexibility index (Phi) is 2.20. The smallest absolute Gasteiger partial charge is 0.270 e. The van der Waals surface area contributed by atoms with Gasteiger partial charge in [-0.05, 0) is 34.7 Å². The topological polar surface area (TPSA) is 17.8 Å². The third-order valence-electron chi connectivity index (χ3n) is 2.75. The van der Waals surface area contributed by atoms with Crippen LogP contribution in [0.4, 0.5) is 8.78 Å². The number of fused-ring (bicyclic) bond motifs is 1. The van der Waals surface area contributed by atoms with Gasteiger partial charge in [-0.15, -0.1) is 0 Å². The Hall–Kier alpha value is -0.430. The number of alkyl halides is 2. The minimum Gasteiger partial charge on any atom is -0.321 e. The van der Waals surface area contributed by atoms with Gasteiger partial charge in [0, 0.05) is 9.99 Å². The Morgan fingerprint density at radius 2 is 2.19 bits per heavy atom. The lowest BCUT2D eigenvalue weighted by atomic mass is 10.3. The lowest BCUT2D eigenvalue weighted by Crippen LogP contribution is -2.00. The van der Waals surface area contributed by atoms with E-state index in [4.69, 9.17) is 11.6 Å². The molecular formula is C10H6ClF2IN2. The summed E-state index contributed by atoms with van der Waals surface area (Å²) in [6.45, 7) is 0. The number of imidazole rings is 1. The van der Waals surface area contributed by atoms with Crippen LogP contribution in [-0.4, -0.2) is 15.5 Å². The van der Waals surface area contributed by atoms with Crippen molar-refractivity contribution >= 4 is 45.2 Å². The number of benzene rings is 1. The Morgan fingerprint density at radius 3 is 2.81 bits per heavy atom. The first-order valence-corrected chi connectivity index (χ1v) is 6.14. The third kappa shape index (κ3) is 1.52. The fourth-order valence-electron chi connectivity index (χ4n) is 1.77. The summed E-state index contributed by atoms with van der Waals surface area (Å²) in [6.07, 6.45) is 1.35. The van der Waals surface area contributed by atoms with E-state index in [1.54, 1.807) is 12.1 Å². The molecule has 0 aliphatic heterocycles. The maximum absolute atomic E-state index is 13.0. The van der Waals surface area contributed by atoms with E-state index in [0.29, 0.717) is 16.1 Å². The second-order valence-electron chi connectivity index (χ2n) is 3.89. The van der Waals surface area contributed by atoms with Crippen molar-refractivity contribution in [3.63, 3.8) is 0 Å². The van der Waals surface area contributed by atoms with Gasteiger partial charge in [0.15, 0.2) is 0 Å². The van der Waals surface area contributed by atoms with Crippen LogP contribution in [0.2, 0.25) is 5.02 Å². The molecule has 1 aromatic heterocycles. The van der Waals surface area contributed by atoms with Gasteiger partial charge in [0.1, 0.15) is 6.04 Å². The predicted molar refractivity (Wildman–Crippen MR) is 66.1 cm³/mol. The molecule has 1 aliphatic rings. The molecule has 1 aromatic carbocycles. The Balaban J connectivity index is 2.17. The van der Waals surface area contributed by atoms with E-state index in [0.717, 1.165) is 3.57 Å². The molecule has 0 amide bonds. The zero-order chi connectivity index (χ0) is 11.5. The van der Waals surface area contributed by atoms with Gasteiger partial charge in [-0.3, -0.25) is 0 Å². The van der Waals surface area contributed by atoms with Crippen molar-refractivity contribution in [3.05, 3.63) is 27.1 Å². The maximum Gasteiger partial charge on any atom is 0.270 e. The van der Waals surface area contributed by atoms with Gasteiger partial charge >= 0.3 is 0 Å². The number of aromatic nitrogens is 2. The first-order chi connectivity index (χ1) is 7.49. The number of rotatable bonds is 1. The van der Waals surface area contributed by atoms with Gasteiger partial charge < -0.3 is 4.57 Å². The average Bonchev–Trinajstić information content (AvgIpc) is 2.66. The number of nitrogens with zero attached hydrogens (tertiary/aromatic N) is 2. The van der Waals surface area contributed by atoms with E-state index in [9.17, 15) is 8.78 Å². The predicted octanol–water partition coefficient (Wildman–Crippen LogP) is 3.87. The molecule has 1 aliphatic carbocycles. The van der Waals surface area contributed by atoms with E-state index in [2.05, 4.69) is 27.6 Å². The molecule has 0 radical (unpaired) electrons. The van der Waals surface area contributed by atoms with Crippen LogP contribution in [0, 0.1) is 3.57 Å². The van der Waals surface area contributed by atoms with Crippen molar-refractivity contribution in [3.8, 4) is 0 Å². The highest BCUT2D eigenvalue weighted by Gasteiger charge is 2.58. The van der Waals surface area contributed by atoms with Gasteiger partial charge in [-0.2, -0.15) is 0 Å². The fourth-order valence-corrected chi connectivity index (χ4v) is 2.38. The second kappa shape index (κ2) is 3.29. The number of halogens is 4. The van der Waals surface area contributed by atoms with Crippen molar-refractivity contribution in [2.75, 3.05) is 0 Å². The minimum absolute atomic E-state index is 0.109. The monoisotopic (exact) mass is 354 g/mol. The van der Waals surface area contributed by atoms with E-state index in [1.807, 2.05) is 0 Å². The molecule has 84 valence electrons. The summed E-state index contributed by atoms with van der Waals surface area (Å²) in [5, 5.41) is 0.568. The normalized spacial score (nSPS) is 22.6.